The molecule has 1 aliphatic carbocycles. The highest BCUT2D eigenvalue weighted by molar-refractivity contribution is 7.20. The molecule has 1 amide bonds. The van der Waals surface area contributed by atoms with E-state index in [9.17, 15) is 4.79 Å². The minimum atomic E-state index is -0.0215. The quantitative estimate of drug-likeness (QED) is 0.606. The molecule has 6 nitrogen and oxygen atoms in total. The lowest BCUT2D eigenvalue weighted by molar-refractivity contribution is 0.0957. The molecular weight excluding hydrogens is 372 g/mol. The van der Waals surface area contributed by atoms with Crippen LogP contribution < -0.4 is 10.6 Å². The molecule has 1 unspecified atom stereocenters. The maximum Gasteiger partial charge on any atom is 0.261 e. The lowest BCUT2D eigenvalue weighted by Gasteiger charge is -2.17. The van der Waals surface area contributed by atoms with Gasteiger partial charge >= 0.3 is 0 Å². The Morgan fingerprint density at radius 3 is 2.93 bits per heavy atom. The topological polar surface area (TPSA) is 76.1 Å². The number of carbonyl (C=O) groups is 1. The molecule has 0 radical (unpaired) electrons. The predicted octanol–water partition coefficient (Wildman–Crippen LogP) is 4.46. The summed E-state index contributed by atoms with van der Waals surface area (Å²) >= 11 is 1.43. The van der Waals surface area contributed by atoms with Gasteiger partial charge in [-0.25, -0.2) is 9.97 Å². The summed E-state index contributed by atoms with van der Waals surface area (Å²) in [6.07, 6.45) is 10.7. The highest BCUT2D eigenvalue weighted by atomic mass is 32.1. The minimum Gasteiger partial charge on any atom is -0.383 e. The maximum absolute atomic E-state index is 12.8. The number of rotatable bonds is 9. The van der Waals surface area contributed by atoms with E-state index in [4.69, 9.17) is 4.74 Å². The summed E-state index contributed by atoms with van der Waals surface area (Å²) in [7, 11) is 1.70. The molecule has 1 atom stereocenters. The number of aromatic nitrogens is 2. The van der Waals surface area contributed by atoms with Gasteiger partial charge in [0.15, 0.2) is 0 Å². The number of nitrogens with zero attached hydrogens (tertiary/aromatic N) is 2. The van der Waals surface area contributed by atoms with Crippen molar-refractivity contribution in [2.45, 2.75) is 58.4 Å². The number of anilines is 1. The van der Waals surface area contributed by atoms with Crippen molar-refractivity contribution in [3.8, 4) is 0 Å². The SMILES string of the molecule is CCC(COC)Nc1ncnc2sc(C(=O)NCCC3=CCCCC3)c(C)c12. The van der Waals surface area contributed by atoms with Crippen LogP contribution in [0.15, 0.2) is 18.0 Å². The van der Waals surface area contributed by atoms with Crippen molar-refractivity contribution in [1.29, 1.82) is 0 Å². The lowest BCUT2D eigenvalue weighted by Crippen LogP contribution is -2.25. The molecule has 0 fully saturated rings. The fraction of sp³-hybridized carbons (Fsp3) is 0.571. The van der Waals surface area contributed by atoms with E-state index in [2.05, 4.69) is 33.6 Å². The number of nitrogens with one attached hydrogen (secondary N) is 2. The van der Waals surface area contributed by atoms with Gasteiger partial charge in [0.05, 0.1) is 22.9 Å². The molecule has 2 heterocycles. The maximum atomic E-state index is 12.8. The van der Waals surface area contributed by atoms with Crippen LogP contribution in [-0.4, -0.2) is 42.2 Å². The second-order valence-electron chi connectivity index (χ2n) is 7.28. The van der Waals surface area contributed by atoms with Crippen LogP contribution in [0.1, 0.15) is 60.7 Å². The smallest absolute Gasteiger partial charge is 0.261 e. The first-order valence-electron chi connectivity index (χ1n) is 10.1. The summed E-state index contributed by atoms with van der Waals surface area (Å²) in [4.78, 5) is 23.1. The molecular formula is C21H30N4O2S. The summed E-state index contributed by atoms with van der Waals surface area (Å²) in [6.45, 7) is 5.37. The molecule has 2 aromatic rings. The number of allylic oxidation sites excluding steroid dienone is 1. The number of hydrogen-bond acceptors (Lipinski definition) is 6. The van der Waals surface area contributed by atoms with Crippen LogP contribution in [0.5, 0.6) is 0 Å². The van der Waals surface area contributed by atoms with Gasteiger partial charge in [0.25, 0.3) is 5.91 Å². The number of fused-ring (bicyclic) bond motifs is 1. The third-order valence-electron chi connectivity index (χ3n) is 5.25. The van der Waals surface area contributed by atoms with Crippen LogP contribution >= 0.6 is 11.3 Å². The summed E-state index contributed by atoms with van der Waals surface area (Å²) in [5.41, 5.74) is 2.41. The zero-order valence-corrected chi connectivity index (χ0v) is 17.8. The number of aryl methyl sites for hydroxylation is 1. The molecule has 0 bridgehead atoms. The number of thiophene rings is 1. The summed E-state index contributed by atoms with van der Waals surface area (Å²) in [5.74, 6) is 0.751. The fourth-order valence-corrected chi connectivity index (χ4v) is 4.67. The monoisotopic (exact) mass is 402 g/mol. The molecule has 3 rings (SSSR count). The van der Waals surface area contributed by atoms with Crippen LogP contribution in [0, 0.1) is 6.92 Å². The predicted molar refractivity (Wildman–Crippen MR) is 115 cm³/mol. The van der Waals surface area contributed by atoms with Crippen molar-refractivity contribution >= 4 is 33.3 Å². The van der Waals surface area contributed by atoms with Gasteiger partial charge in [0.2, 0.25) is 0 Å². The van der Waals surface area contributed by atoms with E-state index in [-0.39, 0.29) is 11.9 Å². The first-order valence-corrected chi connectivity index (χ1v) is 10.9. The van der Waals surface area contributed by atoms with Gasteiger partial charge in [-0.1, -0.05) is 18.6 Å². The number of ether oxygens (including phenoxy) is 1. The lowest BCUT2D eigenvalue weighted by atomic mass is 9.97. The molecule has 2 aromatic heterocycles. The third kappa shape index (κ3) is 4.89. The molecule has 7 heteroatoms. The standard InChI is InChI=1S/C21H30N4O2S/c1-4-16(12-27-3)25-19-17-14(2)18(28-21(17)24-13-23-19)20(26)22-11-10-15-8-6-5-7-9-15/h8,13,16H,4-7,9-12H2,1-3H3,(H,22,26)(H,23,24,25). The highest BCUT2D eigenvalue weighted by Crippen LogP contribution is 2.33. The summed E-state index contributed by atoms with van der Waals surface area (Å²) < 4.78 is 5.28. The van der Waals surface area contributed by atoms with Gasteiger partial charge in [0.1, 0.15) is 17.0 Å². The zero-order chi connectivity index (χ0) is 19.9. The second-order valence-corrected chi connectivity index (χ2v) is 8.28. The Morgan fingerprint density at radius 1 is 1.36 bits per heavy atom. The van der Waals surface area contributed by atoms with Crippen LogP contribution in [0.4, 0.5) is 5.82 Å². The van der Waals surface area contributed by atoms with Gasteiger partial charge in [-0.3, -0.25) is 4.79 Å². The summed E-state index contributed by atoms with van der Waals surface area (Å²) in [5, 5.41) is 7.46. The number of amides is 1. The van der Waals surface area contributed by atoms with Crippen LogP contribution in [-0.2, 0) is 4.74 Å². The molecule has 0 aromatic carbocycles. The van der Waals surface area contributed by atoms with Crippen LogP contribution in [0.25, 0.3) is 10.2 Å². The Balaban J connectivity index is 1.73. The summed E-state index contributed by atoms with van der Waals surface area (Å²) in [6, 6.07) is 0.170. The molecule has 1 aliphatic rings. The van der Waals surface area contributed by atoms with E-state index in [0.29, 0.717) is 13.2 Å². The van der Waals surface area contributed by atoms with Gasteiger partial charge in [-0.05, 0) is 51.0 Å². The van der Waals surface area contributed by atoms with Crippen molar-refractivity contribution in [1.82, 2.24) is 15.3 Å². The molecule has 0 saturated heterocycles. The molecule has 0 saturated carbocycles. The Kier molecular flexibility index (Phi) is 7.39. The normalized spacial score (nSPS) is 15.3. The molecule has 0 spiro atoms. The second kappa shape index (κ2) is 9.98. The largest absolute Gasteiger partial charge is 0.383 e. The van der Waals surface area contributed by atoms with Crippen molar-refractivity contribution in [3.63, 3.8) is 0 Å². The molecule has 152 valence electrons. The van der Waals surface area contributed by atoms with Gasteiger partial charge in [0, 0.05) is 13.7 Å². The van der Waals surface area contributed by atoms with Crippen LogP contribution in [0.3, 0.4) is 0 Å². The Morgan fingerprint density at radius 2 is 2.21 bits per heavy atom. The van der Waals surface area contributed by atoms with E-state index in [1.54, 1.807) is 13.4 Å². The number of carbonyl (C=O) groups excluding carboxylic acids is 1. The average Bonchev–Trinajstić information content (AvgIpc) is 3.06. The van der Waals surface area contributed by atoms with E-state index in [1.165, 1.54) is 42.6 Å². The zero-order valence-electron chi connectivity index (χ0n) is 17.0. The molecule has 28 heavy (non-hydrogen) atoms. The van der Waals surface area contributed by atoms with E-state index < -0.39 is 0 Å². The van der Waals surface area contributed by atoms with Crippen molar-refractivity contribution < 1.29 is 9.53 Å². The Labute approximate surface area is 170 Å². The first kappa shape index (κ1) is 20.7. The molecule has 2 N–H and O–H groups in total. The Bertz CT molecular complexity index is 846. The fourth-order valence-electron chi connectivity index (χ4n) is 3.60. The highest BCUT2D eigenvalue weighted by Gasteiger charge is 2.20. The van der Waals surface area contributed by atoms with Gasteiger partial charge < -0.3 is 15.4 Å². The van der Waals surface area contributed by atoms with E-state index in [1.807, 2.05) is 6.92 Å². The van der Waals surface area contributed by atoms with Crippen molar-refractivity contribution in [3.05, 3.63) is 28.4 Å². The van der Waals surface area contributed by atoms with E-state index >= 15 is 0 Å². The van der Waals surface area contributed by atoms with Crippen molar-refractivity contribution in [2.75, 3.05) is 25.6 Å². The first-order chi connectivity index (χ1) is 13.6. The van der Waals surface area contributed by atoms with Gasteiger partial charge in [-0.15, -0.1) is 11.3 Å². The number of methoxy groups -OCH3 is 1. The Hall–Kier alpha value is -1.99. The average molecular weight is 403 g/mol. The molecule has 0 aliphatic heterocycles. The third-order valence-corrected chi connectivity index (χ3v) is 6.45. The minimum absolute atomic E-state index is 0.0215. The van der Waals surface area contributed by atoms with E-state index in [0.717, 1.165) is 39.3 Å². The van der Waals surface area contributed by atoms with Gasteiger partial charge in [-0.2, -0.15) is 0 Å². The van der Waals surface area contributed by atoms with Crippen LogP contribution in [0.2, 0.25) is 0 Å². The van der Waals surface area contributed by atoms with Crippen molar-refractivity contribution in [2.24, 2.45) is 0 Å². The number of hydrogen-bond donors (Lipinski definition) is 2.